The van der Waals surface area contributed by atoms with E-state index >= 15 is 0 Å². The van der Waals surface area contributed by atoms with E-state index in [0.29, 0.717) is 31.0 Å². The van der Waals surface area contributed by atoms with Gasteiger partial charge < -0.3 is 19.3 Å². The summed E-state index contributed by atoms with van der Waals surface area (Å²) in [5, 5.41) is 0. The number of esters is 1. The zero-order valence-corrected chi connectivity index (χ0v) is 15.1. The quantitative estimate of drug-likeness (QED) is 0.612. The van der Waals surface area contributed by atoms with E-state index in [1.807, 2.05) is 20.2 Å². The Morgan fingerprint density at radius 1 is 1.08 bits per heavy atom. The van der Waals surface area contributed by atoms with Crippen LogP contribution in [-0.2, 0) is 9.53 Å². The van der Waals surface area contributed by atoms with Gasteiger partial charge in [0.1, 0.15) is 5.75 Å². The number of ether oxygens (including phenoxy) is 2. The van der Waals surface area contributed by atoms with Crippen molar-refractivity contribution in [1.29, 1.82) is 0 Å². The Hall–Kier alpha value is -2.08. The normalized spacial score (nSPS) is 10.5. The zero-order chi connectivity index (χ0) is 17.9. The van der Waals surface area contributed by atoms with Gasteiger partial charge in [-0.15, -0.1) is 0 Å². The van der Waals surface area contributed by atoms with Crippen molar-refractivity contribution in [1.82, 2.24) is 9.80 Å². The summed E-state index contributed by atoms with van der Waals surface area (Å²) in [4.78, 5) is 28.2. The molecule has 0 aromatic heterocycles. The molecule has 0 saturated carbocycles. The molecule has 1 aromatic carbocycles. The molecule has 1 rings (SSSR count). The molecule has 134 valence electrons. The maximum atomic E-state index is 12.9. The molecule has 0 fully saturated rings. The average Bonchev–Trinajstić information content (AvgIpc) is 2.57. The van der Waals surface area contributed by atoms with Crippen LogP contribution < -0.4 is 4.74 Å². The van der Waals surface area contributed by atoms with E-state index in [0.717, 1.165) is 13.0 Å². The second-order valence-electron chi connectivity index (χ2n) is 5.70. The highest BCUT2D eigenvalue weighted by Gasteiger charge is 2.20. The van der Waals surface area contributed by atoms with E-state index in [4.69, 9.17) is 9.47 Å². The Morgan fingerprint density at radius 2 is 1.79 bits per heavy atom. The largest absolute Gasteiger partial charge is 0.496 e. The van der Waals surface area contributed by atoms with Crippen molar-refractivity contribution < 1.29 is 19.1 Å². The number of amides is 1. The van der Waals surface area contributed by atoms with E-state index in [2.05, 4.69) is 4.90 Å². The molecule has 0 spiro atoms. The van der Waals surface area contributed by atoms with Crippen LogP contribution in [0.15, 0.2) is 24.3 Å². The van der Waals surface area contributed by atoms with Crippen molar-refractivity contribution in [3.63, 3.8) is 0 Å². The number of benzene rings is 1. The predicted octanol–water partition coefficient (Wildman–Crippen LogP) is 2.04. The standard InChI is InChI=1S/C18H28N2O4/c1-5-24-17(21)11-14-20(13-8-12-19(2)3)18(22)15-9-6-7-10-16(15)23-4/h6-7,9-10H,5,8,11-14H2,1-4H3. The predicted molar refractivity (Wildman–Crippen MR) is 93.3 cm³/mol. The van der Waals surface area contributed by atoms with Crippen molar-refractivity contribution in [2.45, 2.75) is 19.8 Å². The first-order valence-corrected chi connectivity index (χ1v) is 8.22. The number of methoxy groups -OCH3 is 1. The molecule has 0 unspecified atom stereocenters. The fraction of sp³-hybridized carbons (Fsp3) is 0.556. The molecule has 1 amide bonds. The summed E-state index contributed by atoms with van der Waals surface area (Å²) in [7, 11) is 5.52. The first kappa shape index (κ1) is 20.0. The number of hydrogen-bond donors (Lipinski definition) is 0. The molecule has 0 heterocycles. The molecule has 0 radical (unpaired) electrons. The van der Waals surface area contributed by atoms with Crippen molar-refractivity contribution >= 4 is 11.9 Å². The number of rotatable bonds is 10. The van der Waals surface area contributed by atoms with Gasteiger partial charge in [0.15, 0.2) is 0 Å². The summed E-state index contributed by atoms with van der Waals surface area (Å²) in [6, 6.07) is 7.13. The van der Waals surface area contributed by atoms with Crippen LogP contribution in [0.1, 0.15) is 30.1 Å². The lowest BCUT2D eigenvalue weighted by atomic mass is 10.1. The van der Waals surface area contributed by atoms with Gasteiger partial charge in [-0.05, 0) is 46.1 Å². The van der Waals surface area contributed by atoms with Crippen LogP contribution >= 0.6 is 0 Å². The summed E-state index contributed by atoms with van der Waals surface area (Å²) in [5.74, 6) is 0.120. The van der Waals surface area contributed by atoms with E-state index in [9.17, 15) is 9.59 Å². The summed E-state index contributed by atoms with van der Waals surface area (Å²) in [6.45, 7) is 3.90. The molecule has 6 heteroatoms. The summed E-state index contributed by atoms with van der Waals surface area (Å²) in [6.07, 6.45) is 1.02. The van der Waals surface area contributed by atoms with Crippen LogP contribution in [0.5, 0.6) is 5.75 Å². The molecular weight excluding hydrogens is 308 g/mol. The van der Waals surface area contributed by atoms with E-state index in [-0.39, 0.29) is 18.3 Å². The smallest absolute Gasteiger partial charge is 0.307 e. The van der Waals surface area contributed by atoms with Gasteiger partial charge in [0.05, 0.1) is 25.7 Å². The molecule has 6 nitrogen and oxygen atoms in total. The number of para-hydroxylation sites is 1. The number of carbonyl (C=O) groups is 2. The summed E-state index contributed by atoms with van der Waals surface area (Å²) < 4.78 is 10.2. The van der Waals surface area contributed by atoms with Crippen LogP contribution in [0.4, 0.5) is 0 Å². The highest BCUT2D eigenvalue weighted by Crippen LogP contribution is 2.19. The van der Waals surface area contributed by atoms with Gasteiger partial charge in [-0.3, -0.25) is 9.59 Å². The van der Waals surface area contributed by atoms with Crippen molar-refractivity contribution in [2.24, 2.45) is 0 Å². The minimum Gasteiger partial charge on any atom is -0.496 e. The van der Waals surface area contributed by atoms with Gasteiger partial charge in [-0.2, -0.15) is 0 Å². The highest BCUT2D eigenvalue weighted by molar-refractivity contribution is 5.97. The third kappa shape index (κ3) is 6.58. The van der Waals surface area contributed by atoms with Crippen molar-refractivity contribution in [3.05, 3.63) is 29.8 Å². The van der Waals surface area contributed by atoms with Crippen LogP contribution in [0.2, 0.25) is 0 Å². The van der Waals surface area contributed by atoms with Crippen molar-refractivity contribution in [2.75, 3.05) is 47.4 Å². The molecule has 0 bridgehead atoms. The highest BCUT2D eigenvalue weighted by atomic mass is 16.5. The molecular formula is C18H28N2O4. The average molecular weight is 336 g/mol. The molecule has 24 heavy (non-hydrogen) atoms. The van der Waals surface area contributed by atoms with Crippen LogP contribution in [-0.4, -0.2) is 69.1 Å². The monoisotopic (exact) mass is 336 g/mol. The van der Waals surface area contributed by atoms with E-state index < -0.39 is 0 Å². The third-order valence-corrected chi connectivity index (χ3v) is 3.55. The van der Waals surface area contributed by atoms with Crippen LogP contribution in [0.25, 0.3) is 0 Å². The third-order valence-electron chi connectivity index (χ3n) is 3.55. The number of carbonyl (C=O) groups excluding carboxylic acids is 2. The molecule has 0 atom stereocenters. The molecule has 0 aliphatic heterocycles. The number of nitrogens with zero attached hydrogens (tertiary/aromatic N) is 2. The minimum atomic E-state index is -0.289. The maximum Gasteiger partial charge on any atom is 0.307 e. The molecule has 1 aromatic rings. The molecule has 0 aliphatic carbocycles. The van der Waals surface area contributed by atoms with Crippen LogP contribution in [0.3, 0.4) is 0 Å². The Bertz CT molecular complexity index is 532. The fourth-order valence-electron chi connectivity index (χ4n) is 2.34. The Balaban J connectivity index is 2.81. The van der Waals surface area contributed by atoms with Gasteiger partial charge in [0.2, 0.25) is 0 Å². The first-order valence-electron chi connectivity index (χ1n) is 8.22. The Kier molecular flexibility index (Phi) is 8.86. The fourth-order valence-corrected chi connectivity index (χ4v) is 2.34. The van der Waals surface area contributed by atoms with Crippen molar-refractivity contribution in [3.8, 4) is 5.75 Å². The first-order chi connectivity index (χ1) is 11.5. The topological polar surface area (TPSA) is 59.1 Å². The maximum absolute atomic E-state index is 12.9. The Morgan fingerprint density at radius 3 is 2.42 bits per heavy atom. The molecule has 0 aliphatic rings. The SMILES string of the molecule is CCOC(=O)CCN(CCCN(C)C)C(=O)c1ccccc1OC. The lowest BCUT2D eigenvalue weighted by Gasteiger charge is -2.24. The minimum absolute atomic E-state index is 0.129. The van der Waals surface area contributed by atoms with Gasteiger partial charge in [-0.25, -0.2) is 0 Å². The van der Waals surface area contributed by atoms with E-state index in [1.165, 1.54) is 0 Å². The second kappa shape index (κ2) is 10.6. The van der Waals surface area contributed by atoms with Gasteiger partial charge in [-0.1, -0.05) is 12.1 Å². The lowest BCUT2D eigenvalue weighted by Crippen LogP contribution is -2.35. The molecule has 0 saturated heterocycles. The van der Waals surface area contributed by atoms with E-state index in [1.54, 1.807) is 37.1 Å². The van der Waals surface area contributed by atoms with Crippen LogP contribution in [0, 0.1) is 0 Å². The zero-order valence-electron chi connectivity index (χ0n) is 15.1. The summed E-state index contributed by atoms with van der Waals surface area (Å²) >= 11 is 0. The van der Waals surface area contributed by atoms with Gasteiger partial charge in [0, 0.05) is 13.1 Å². The molecule has 0 N–H and O–H groups in total. The van der Waals surface area contributed by atoms with Gasteiger partial charge in [0.25, 0.3) is 5.91 Å². The Labute approximate surface area is 144 Å². The summed E-state index contributed by atoms with van der Waals surface area (Å²) in [5.41, 5.74) is 0.508. The number of hydrogen-bond acceptors (Lipinski definition) is 5. The second-order valence-corrected chi connectivity index (χ2v) is 5.70. The van der Waals surface area contributed by atoms with Gasteiger partial charge >= 0.3 is 5.97 Å². The lowest BCUT2D eigenvalue weighted by molar-refractivity contribution is -0.143.